The van der Waals surface area contributed by atoms with Gasteiger partial charge in [0.2, 0.25) is 6.79 Å². The molecule has 5 nitrogen and oxygen atoms in total. The Morgan fingerprint density at radius 2 is 2.22 bits per heavy atom. The van der Waals surface area contributed by atoms with Gasteiger partial charge in [-0.15, -0.1) is 0 Å². The highest BCUT2D eigenvalue weighted by molar-refractivity contribution is 6.32. The van der Waals surface area contributed by atoms with E-state index in [0.29, 0.717) is 32.8 Å². The SMILES string of the molecule is O=C(C=Cc1cc(Cl)c2c(c1)OCO2)OCc1cccnc1Cl. The molecule has 2 heterocycles. The fourth-order valence-electron chi connectivity index (χ4n) is 1.97. The van der Waals surface area contributed by atoms with E-state index in [1.807, 2.05) is 0 Å². The average Bonchev–Trinajstić information content (AvgIpc) is 3.01. The minimum atomic E-state index is -0.501. The molecule has 0 aliphatic carbocycles. The molecular formula is C16H11Cl2NO4. The van der Waals surface area contributed by atoms with Crippen molar-refractivity contribution >= 4 is 35.2 Å². The Hall–Kier alpha value is -2.24. The molecule has 1 aromatic heterocycles. The van der Waals surface area contributed by atoms with Gasteiger partial charge in [0.05, 0.1) is 5.02 Å². The van der Waals surface area contributed by atoms with Crippen LogP contribution in [-0.4, -0.2) is 17.7 Å². The zero-order valence-electron chi connectivity index (χ0n) is 11.8. The molecule has 0 atom stereocenters. The van der Waals surface area contributed by atoms with Crippen LogP contribution >= 0.6 is 23.2 Å². The van der Waals surface area contributed by atoms with Gasteiger partial charge in [-0.25, -0.2) is 9.78 Å². The van der Waals surface area contributed by atoms with Gasteiger partial charge < -0.3 is 14.2 Å². The zero-order chi connectivity index (χ0) is 16.2. The molecule has 118 valence electrons. The molecule has 1 aliphatic rings. The molecule has 0 fully saturated rings. The largest absolute Gasteiger partial charge is 0.458 e. The number of hydrogen-bond acceptors (Lipinski definition) is 5. The van der Waals surface area contributed by atoms with Crippen molar-refractivity contribution in [2.45, 2.75) is 6.61 Å². The lowest BCUT2D eigenvalue weighted by Crippen LogP contribution is -2.01. The second kappa shape index (κ2) is 6.89. The van der Waals surface area contributed by atoms with Gasteiger partial charge in [0.1, 0.15) is 11.8 Å². The highest BCUT2D eigenvalue weighted by Gasteiger charge is 2.17. The first-order valence-electron chi connectivity index (χ1n) is 6.67. The molecule has 1 aliphatic heterocycles. The number of hydrogen-bond donors (Lipinski definition) is 0. The van der Waals surface area contributed by atoms with Crippen molar-refractivity contribution in [2.24, 2.45) is 0 Å². The highest BCUT2D eigenvalue weighted by atomic mass is 35.5. The molecule has 0 N–H and O–H groups in total. The Morgan fingerprint density at radius 1 is 1.35 bits per heavy atom. The van der Waals surface area contributed by atoms with Crippen LogP contribution < -0.4 is 9.47 Å². The number of benzene rings is 1. The summed E-state index contributed by atoms with van der Waals surface area (Å²) >= 11 is 12.0. The maximum absolute atomic E-state index is 11.8. The molecule has 1 aromatic carbocycles. The van der Waals surface area contributed by atoms with Gasteiger partial charge in [0.25, 0.3) is 0 Å². The number of esters is 1. The van der Waals surface area contributed by atoms with Gasteiger partial charge in [0, 0.05) is 17.8 Å². The number of aromatic nitrogens is 1. The standard InChI is InChI=1S/C16H11Cl2NO4/c17-12-6-10(7-13-15(12)23-9-22-13)3-4-14(20)21-8-11-2-1-5-19-16(11)18/h1-7H,8-9H2. The van der Waals surface area contributed by atoms with Crippen molar-refractivity contribution in [3.8, 4) is 11.5 Å². The Morgan fingerprint density at radius 3 is 3.04 bits per heavy atom. The molecule has 0 radical (unpaired) electrons. The lowest BCUT2D eigenvalue weighted by Gasteiger charge is -2.04. The first kappa shape index (κ1) is 15.6. The van der Waals surface area contributed by atoms with Gasteiger partial charge in [-0.1, -0.05) is 29.3 Å². The monoisotopic (exact) mass is 351 g/mol. The Balaban J connectivity index is 1.63. The topological polar surface area (TPSA) is 57.7 Å². The minimum absolute atomic E-state index is 0.0533. The van der Waals surface area contributed by atoms with Crippen molar-refractivity contribution < 1.29 is 19.0 Å². The van der Waals surface area contributed by atoms with E-state index in [-0.39, 0.29) is 13.4 Å². The van der Waals surface area contributed by atoms with E-state index < -0.39 is 5.97 Å². The van der Waals surface area contributed by atoms with Gasteiger partial charge in [-0.05, 0) is 29.8 Å². The fourth-order valence-corrected chi connectivity index (χ4v) is 2.42. The molecule has 23 heavy (non-hydrogen) atoms. The van der Waals surface area contributed by atoms with Crippen molar-refractivity contribution in [3.63, 3.8) is 0 Å². The minimum Gasteiger partial charge on any atom is -0.458 e. The quantitative estimate of drug-likeness (QED) is 0.475. The number of pyridine rings is 1. The lowest BCUT2D eigenvalue weighted by atomic mass is 10.2. The predicted molar refractivity (Wildman–Crippen MR) is 85.7 cm³/mol. The van der Waals surface area contributed by atoms with E-state index in [2.05, 4.69) is 4.98 Å². The van der Waals surface area contributed by atoms with Crippen molar-refractivity contribution in [1.82, 2.24) is 4.98 Å². The van der Waals surface area contributed by atoms with Crippen LogP contribution in [0.1, 0.15) is 11.1 Å². The first-order chi connectivity index (χ1) is 11.1. The summed E-state index contributed by atoms with van der Waals surface area (Å²) in [7, 11) is 0. The fraction of sp³-hybridized carbons (Fsp3) is 0.125. The van der Waals surface area contributed by atoms with Crippen molar-refractivity contribution in [3.05, 3.63) is 57.8 Å². The molecule has 0 amide bonds. The predicted octanol–water partition coefficient (Wildman–Crippen LogP) is 3.87. The van der Waals surface area contributed by atoms with E-state index in [9.17, 15) is 4.79 Å². The van der Waals surface area contributed by atoms with E-state index in [0.717, 1.165) is 0 Å². The van der Waals surface area contributed by atoms with Crippen LogP contribution in [0, 0.1) is 0 Å². The number of rotatable bonds is 4. The third-order valence-electron chi connectivity index (χ3n) is 3.07. The molecule has 0 saturated heterocycles. The maximum atomic E-state index is 11.8. The molecule has 0 unspecified atom stereocenters. The molecule has 0 spiro atoms. The maximum Gasteiger partial charge on any atom is 0.331 e. The first-order valence-corrected chi connectivity index (χ1v) is 7.42. The average molecular weight is 352 g/mol. The highest BCUT2D eigenvalue weighted by Crippen LogP contribution is 2.40. The molecule has 0 bridgehead atoms. The van der Waals surface area contributed by atoms with Crippen LogP contribution in [-0.2, 0) is 16.1 Å². The molecular weight excluding hydrogens is 341 g/mol. The summed E-state index contributed by atoms with van der Waals surface area (Å²) in [4.78, 5) is 15.7. The smallest absolute Gasteiger partial charge is 0.331 e. The lowest BCUT2D eigenvalue weighted by molar-refractivity contribution is -0.138. The third-order valence-corrected chi connectivity index (χ3v) is 3.69. The summed E-state index contributed by atoms with van der Waals surface area (Å²) in [6, 6.07) is 6.87. The van der Waals surface area contributed by atoms with Crippen LogP contribution in [0.15, 0.2) is 36.5 Å². The van der Waals surface area contributed by atoms with Crippen LogP contribution in [0.4, 0.5) is 0 Å². The van der Waals surface area contributed by atoms with Crippen LogP contribution in [0.5, 0.6) is 11.5 Å². The van der Waals surface area contributed by atoms with E-state index >= 15 is 0 Å². The van der Waals surface area contributed by atoms with Gasteiger partial charge in [-0.2, -0.15) is 0 Å². The third kappa shape index (κ3) is 3.75. The Labute approximate surface area is 142 Å². The summed E-state index contributed by atoms with van der Waals surface area (Å²) in [5.74, 6) is 0.559. The van der Waals surface area contributed by atoms with E-state index in [4.69, 9.17) is 37.4 Å². The molecule has 3 rings (SSSR count). The van der Waals surface area contributed by atoms with Gasteiger partial charge in [0.15, 0.2) is 11.5 Å². The summed E-state index contributed by atoms with van der Waals surface area (Å²) in [6.07, 6.45) is 4.45. The second-order valence-electron chi connectivity index (χ2n) is 4.63. The number of nitrogens with zero attached hydrogens (tertiary/aromatic N) is 1. The Kier molecular flexibility index (Phi) is 4.69. The molecule has 7 heteroatoms. The van der Waals surface area contributed by atoms with E-state index in [1.54, 1.807) is 36.5 Å². The summed E-state index contributed by atoms with van der Waals surface area (Å²) in [6.45, 7) is 0.188. The van der Waals surface area contributed by atoms with Gasteiger partial charge in [-0.3, -0.25) is 0 Å². The summed E-state index contributed by atoms with van der Waals surface area (Å²) in [5, 5.41) is 0.738. The van der Waals surface area contributed by atoms with Crippen molar-refractivity contribution in [1.29, 1.82) is 0 Å². The normalized spacial score (nSPS) is 12.6. The second-order valence-corrected chi connectivity index (χ2v) is 5.40. The summed E-state index contributed by atoms with van der Waals surface area (Å²) < 4.78 is 15.6. The zero-order valence-corrected chi connectivity index (χ0v) is 13.3. The van der Waals surface area contributed by atoms with Crippen molar-refractivity contribution in [2.75, 3.05) is 6.79 Å². The van der Waals surface area contributed by atoms with Crippen LogP contribution in [0.3, 0.4) is 0 Å². The summed E-state index contributed by atoms with van der Waals surface area (Å²) in [5.41, 5.74) is 1.35. The van der Waals surface area contributed by atoms with Crippen LogP contribution in [0.2, 0.25) is 10.2 Å². The number of halogens is 2. The number of carbonyl (C=O) groups excluding carboxylic acids is 1. The number of ether oxygens (including phenoxy) is 3. The number of carbonyl (C=O) groups is 1. The van der Waals surface area contributed by atoms with Gasteiger partial charge >= 0.3 is 5.97 Å². The number of fused-ring (bicyclic) bond motifs is 1. The molecule has 2 aromatic rings. The Bertz CT molecular complexity index is 777. The molecule has 0 saturated carbocycles. The van der Waals surface area contributed by atoms with E-state index in [1.165, 1.54) is 6.08 Å². The van der Waals surface area contributed by atoms with Crippen LogP contribution in [0.25, 0.3) is 6.08 Å².